The zero-order chi connectivity index (χ0) is 33.3. The summed E-state index contributed by atoms with van der Waals surface area (Å²) in [7, 11) is -4.19. The molecule has 3 aliphatic rings. The lowest BCUT2D eigenvalue weighted by atomic mass is 10.0. The zero-order valence-electron chi connectivity index (χ0n) is 25.7. The van der Waals surface area contributed by atoms with Crippen molar-refractivity contribution in [3.63, 3.8) is 0 Å². The number of fused-ring (bicyclic) bond motifs is 1. The Balaban J connectivity index is 1.24. The molecule has 0 bridgehead atoms. The number of benzene rings is 3. The summed E-state index contributed by atoms with van der Waals surface area (Å²) in [5.74, 6) is -0.716. The molecule has 0 radical (unpaired) electrons. The highest BCUT2D eigenvalue weighted by molar-refractivity contribution is 7.89. The van der Waals surface area contributed by atoms with Gasteiger partial charge in [-0.2, -0.15) is 4.31 Å². The molecule has 0 aromatic heterocycles. The van der Waals surface area contributed by atoms with E-state index in [0.29, 0.717) is 31.3 Å². The molecule has 14 heteroatoms. The Morgan fingerprint density at radius 2 is 1.43 bits per heavy atom. The van der Waals surface area contributed by atoms with Gasteiger partial charge in [0.15, 0.2) is 0 Å². The van der Waals surface area contributed by atoms with Crippen LogP contribution in [-0.4, -0.2) is 91.6 Å². The second-order valence-electron chi connectivity index (χ2n) is 12.3. The number of nitrogens with two attached hydrogens (primary N) is 1. The monoisotopic (exact) mass is 674 g/mol. The van der Waals surface area contributed by atoms with Crippen LogP contribution in [0.1, 0.15) is 48.9 Å². The summed E-state index contributed by atoms with van der Waals surface area (Å²) in [6, 6.07) is 13.6. The Morgan fingerprint density at radius 1 is 0.787 bits per heavy atom. The topological polar surface area (TPSA) is 122 Å². The summed E-state index contributed by atoms with van der Waals surface area (Å²) >= 11 is 0. The number of alkyl halides is 3. The number of carbonyl (C=O) groups excluding carboxylic acids is 2. The number of ether oxygens (including phenoxy) is 2. The molecule has 10 nitrogen and oxygen atoms in total. The van der Waals surface area contributed by atoms with E-state index in [1.165, 1.54) is 23.1 Å². The number of piperidine rings is 1. The van der Waals surface area contributed by atoms with E-state index in [0.717, 1.165) is 53.3 Å². The van der Waals surface area contributed by atoms with Gasteiger partial charge in [-0.15, -0.1) is 13.2 Å². The van der Waals surface area contributed by atoms with Crippen LogP contribution in [0.2, 0.25) is 0 Å². The molecule has 1 saturated carbocycles. The molecule has 1 aliphatic carbocycles. The third kappa shape index (κ3) is 7.49. The van der Waals surface area contributed by atoms with Crippen LogP contribution < -0.4 is 15.2 Å². The highest BCUT2D eigenvalue weighted by Gasteiger charge is 2.43. The summed E-state index contributed by atoms with van der Waals surface area (Å²) in [5.41, 5.74) is 6.12. The van der Waals surface area contributed by atoms with Gasteiger partial charge < -0.3 is 25.0 Å². The minimum atomic E-state index is -4.88. The molecule has 1 atom stereocenters. The van der Waals surface area contributed by atoms with Crippen molar-refractivity contribution in [3.8, 4) is 11.5 Å². The Bertz CT molecular complexity index is 1720. The van der Waals surface area contributed by atoms with E-state index in [4.69, 9.17) is 10.5 Å². The van der Waals surface area contributed by atoms with Gasteiger partial charge in [-0.05, 0) is 97.8 Å². The molecule has 47 heavy (non-hydrogen) atoms. The van der Waals surface area contributed by atoms with Crippen molar-refractivity contribution in [3.05, 3.63) is 66.2 Å². The zero-order valence-corrected chi connectivity index (χ0v) is 26.5. The molecule has 2 N–H and O–H groups in total. The van der Waals surface area contributed by atoms with Crippen molar-refractivity contribution in [2.45, 2.75) is 68.0 Å². The highest BCUT2D eigenvalue weighted by Crippen LogP contribution is 2.31. The maximum absolute atomic E-state index is 14.2. The number of rotatable bonds is 7. The minimum Gasteiger partial charge on any atom is -0.490 e. The van der Waals surface area contributed by atoms with Gasteiger partial charge in [0.2, 0.25) is 15.9 Å². The number of likely N-dealkylation sites (tertiary alicyclic amines) is 1. The quantitative estimate of drug-likeness (QED) is 0.391. The molecule has 2 heterocycles. The molecule has 2 aliphatic heterocycles. The van der Waals surface area contributed by atoms with Crippen LogP contribution in [0.5, 0.6) is 11.5 Å². The normalized spacial score (nSPS) is 20.5. The Labute approximate surface area is 271 Å². The summed E-state index contributed by atoms with van der Waals surface area (Å²) < 4.78 is 77.3. The predicted octanol–water partition coefficient (Wildman–Crippen LogP) is 4.52. The first-order chi connectivity index (χ1) is 22.4. The predicted molar refractivity (Wildman–Crippen MR) is 167 cm³/mol. The van der Waals surface area contributed by atoms with Crippen molar-refractivity contribution in [1.29, 1.82) is 0 Å². The Hall–Kier alpha value is -3.88. The van der Waals surface area contributed by atoms with E-state index in [9.17, 15) is 31.2 Å². The second kappa shape index (κ2) is 13.3. The lowest BCUT2D eigenvalue weighted by Crippen LogP contribution is -2.62. The second-order valence-corrected chi connectivity index (χ2v) is 14.2. The first-order valence-corrected chi connectivity index (χ1v) is 17.2. The fourth-order valence-corrected chi connectivity index (χ4v) is 8.12. The van der Waals surface area contributed by atoms with E-state index in [1.807, 2.05) is 18.2 Å². The smallest absolute Gasteiger partial charge is 0.490 e. The SMILES string of the molecule is NC1CCN(C(=O)[C@@H]2CN(C(=O)c3ccc(OC(F)(F)F)cc3)CCN2S(=O)(=O)c2ccc3cc(OC4CCCC4)ccc3c2)CC1. The number of piperazine rings is 1. The Kier molecular flexibility index (Phi) is 9.36. The lowest BCUT2D eigenvalue weighted by molar-refractivity contribution is -0.274. The molecule has 0 spiro atoms. The molecular formula is C33H37F3N4O6S. The van der Waals surface area contributed by atoms with Crippen molar-refractivity contribution in [2.75, 3.05) is 32.7 Å². The van der Waals surface area contributed by atoms with Crippen LogP contribution in [0.25, 0.3) is 10.8 Å². The number of carbonyl (C=O) groups is 2. The fourth-order valence-electron chi connectivity index (χ4n) is 6.52. The lowest BCUT2D eigenvalue weighted by Gasteiger charge is -2.42. The number of sulfonamides is 1. The van der Waals surface area contributed by atoms with Gasteiger partial charge in [-0.1, -0.05) is 12.1 Å². The van der Waals surface area contributed by atoms with Gasteiger partial charge >= 0.3 is 6.36 Å². The number of halogens is 3. The van der Waals surface area contributed by atoms with E-state index < -0.39 is 40.0 Å². The van der Waals surface area contributed by atoms with Gasteiger partial charge in [0.1, 0.15) is 17.5 Å². The van der Waals surface area contributed by atoms with E-state index in [2.05, 4.69) is 4.74 Å². The van der Waals surface area contributed by atoms with Gasteiger partial charge in [0.05, 0.1) is 11.0 Å². The summed E-state index contributed by atoms with van der Waals surface area (Å²) in [4.78, 5) is 30.3. The van der Waals surface area contributed by atoms with Crippen molar-refractivity contribution < 1.29 is 40.7 Å². The molecular weight excluding hydrogens is 637 g/mol. The summed E-state index contributed by atoms with van der Waals surface area (Å²) in [6.07, 6.45) is 0.758. The molecule has 6 rings (SSSR count). The average molecular weight is 675 g/mol. The molecule has 3 fully saturated rings. The number of nitrogens with zero attached hydrogens (tertiary/aromatic N) is 3. The molecule has 3 aromatic carbocycles. The van der Waals surface area contributed by atoms with Crippen LogP contribution >= 0.6 is 0 Å². The molecule has 2 amide bonds. The van der Waals surface area contributed by atoms with Crippen molar-refractivity contribution >= 4 is 32.6 Å². The van der Waals surface area contributed by atoms with E-state index in [1.54, 1.807) is 17.0 Å². The maximum Gasteiger partial charge on any atom is 0.573 e. The van der Waals surface area contributed by atoms with Crippen LogP contribution in [0, 0.1) is 0 Å². The number of hydrogen-bond donors (Lipinski definition) is 1. The van der Waals surface area contributed by atoms with Crippen molar-refractivity contribution in [1.82, 2.24) is 14.1 Å². The average Bonchev–Trinajstić information content (AvgIpc) is 3.56. The standard InChI is InChI=1S/C33H37F3N4O6S/c34-33(35,36)46-27-9-5-22(6-10-27)31(41)39-17-18-40(30(21-39)32(42)38-15-13-25(37)14-16-38)47(43,44)29-12-8-23-19-28(11-7-24(23)20-29)45-26-3-1-2-4-26/h5-12,19-20,25-26,30H,1-4,13-18,21,37H2/t30-/m0/s1. The van der Waals surface area contributed by atoms with Crippen LogP contribution in [-0.2, 0) is 14.8 Å². The minimum absolute atomic E-state index is 0.0213. The first-order valence-electron chi connectivity index (χ1n) is 15.8. The molecule has 0 unspecified atom stereocenters. The third-order valence-corrected chi connectivity index (χ3v) is 11.0. The third-order valence-electron chi connectivity index (χ3n) is 9.08. The van der Waals surface area contributed by atoms with Gasteiger partial charge in [-0.25, -0.2) is 8.42 Å². The van der Waals surface area contributed by atoms with Gasteiger partial charge in [-0.3, -0.25) is 9.59 Å². The van der Waals surface area contributed by atoms with E-state index >= 15 is 0 Å². The first kappa shape index (κ1) is 33.0. The number of hydrogen-bond acceptors (Lipinski definition) is 7. The maximum atomic E-state index is 14.2. The molecule has 2 saturated heterocycles. The van der Waals surface area contributed by atoms with Gasteiger partial charge in [0, 0.05) is 44.3 Å². The summed E-state index contributed by atoms with van der Waals surface area (Å²) in [5, 5.41) is 1.52. The molecule has 3 aromatic rings. The van der Waals surface area contributed by atoms with Crippen LogP contribution in [0.15, 0.2) is 65.6 Å². The number of amides is 2. The van der Waals surface area contributed by atoms with Crippen LogP contribution in [0.3, 0.4) is 0 Å². The summed E-state index contributed by atoms with van der Waals surface area (Å²) in [6.45, 7) is 0.318. The van der Waals surface area contributed by atoms with Crippen LogP contribution in [0.4, 0.5) is 13.2 Å². The van der Waals surface area contributed by atoms with Crippen molar-refractivity contribution in [2.24, 2.45) is 5.73 Å². The molecule has 252 valence electrons. The van der Waals surface area contributed by atoms with Gasteiger partial charge in [0.25, 0.3) is 5.91 Å². The highest BCUT2D eigenvalue weighted by atomic mass is 32.2. The Morgan fingerprint density at radius 3 is 2.11 bits per heavy atom. The fraction of sp³-hybridized carbons (Fsp3) is 0.455. The van der Waals surface area contributed by atoms with E-state index in [-0.39, 0.29) is 42.2 Å². The largest absolute Gasteiger partial charge is 0.573 e.